The van der Waals surface area contributed by atoms with Gasteiger partial charge >= 0.3 is 5.97 Å². The highest BCUT2D eigenvalue weighted by atomic mass is 16.4. The lowest BCUT2D eigenvalue weighted by Crippen LogP contribution is -2.56. The molecule has 116 valence electrons. The fraction of sp³-hybridized carbons (Fsp3) is 0.600. The molecule has 1 fully saturated rings. The van der Waals surface area contributed by atoms with Crippen LogP contribution in [0.15, 0.2) is 18.3 Å². The van der Waals surface area contributed by atoms with Crippen LogP contribution < -0.4 is 10.2 Å². The predicted octanol–water partition coefficient (Wildman–Crippen LogP) is 1.50. The number of pyridine rings is 1. The number of carboxylic acid groups (broad SMARTS) is 1. The fourth-order valence-corrected chi connectivity index (χ4v) is 2.86. The molecule has 6 heteroatoms. The van der Waals surface area contributed by atoms with Gasteiger partial charge in [-0.15, -0.1) is 0 Å². The lowest BCUT2D eigenvalue weighted by atomic mass is 10.1. The lowest BCUT2D eigenvalue weighted by Gasteiger charge is -2.42. The molecule has 1 aliphatic rings. The third kappa shape index (κ3) is 3.44. The van der Waals surface area contributed by atoms with Gasteiger partial charge in [-0.2, -0.15) is 0 Å². The van der Waals surface area contributed by atoms with Crippen LogP contribution in [0.5, 0.6) is 0 Å². The summed E-state index contributed by atoms with van der Waals surface area (Å²) in [5.41, 5.74) is 1.03. The smallest absolute Gasteiger partial charge is 0.320 e. The van der Waals surface area contributed by atoms with Crippen LogP contribution >= 0.6 is 0 Å². The fourth-order valence-electron chi connectivity index (χ4n) is 2.86. The number of piperazine rings is 1. The van der Waals surface area contributed by atoms with E-state index >= 15 is 0 Å². The van der Waals surface area contributed by atoms with Crippen LogP contribution in [0.1, 0.15) is 20.8 Å². The van der Waals surface area contributed by atoms with E-state index in [4.69, 9.17) is 0 Å². The molecule has 2 atom stereocenters. The Morgan fingerprint density at radius 1 is 1.57 bits per heavy atom. The zero-order valence-electron chi connectivity index (χ0n) is 12.9. The van der Waals surface area contributed by atoms with E-state index in [1.165, 1.54) is 0 Å². The average Bonchev–Trinajstić information content (AvgIpc) is 2.47. The number of aromatic nitrogens is 1. The first kappa shape index (κ1) is 15.6. The van der Waals surface area contributed by atoms with Gasteiger partial charge in [-0.25, -0.2) is 4.98 Å². The maximum Gasteiger partial charge on any atom is 0.320 e. The maximum absolute atomic E-state index is 11.2. The second-order valence-electron chi connectivity index (χ2n) is 5.45. The summed E-state index contributed by atoms with van der Waals surface area (Å²) in [6.45, 7) is 9.04. The Morgan fingerprint density at radius 3 is 2.95 bits per heavy atom. The van der Waals surface area contributed by atoms with Crippen LogP contribution in [0.4, 0.5) is 11.5 Å². The molecule has 1 aromatic heterocycles. The molecule has 0 bridgehead atoms. The van der Waals surface area contributed by atoms with E-state index in [1.54, 1.807) is 13.1 Å². The molecule has 21 heavy (non-hydrogen) atoms. The molecule has 0 spiro atoms. The van der Waals surface area contributed by atoms with Gasteiger partial charge < -0.3 is 15.3 Å². The summed E-state index contributed by atoms with van der Waals surface area (Å²) < 4.78 is 0. The summed E-state index contributed by atoms with van der Waals surface area (Å²) in [6.07, 6.45) is 1.80. The number of carboxylic acids is 1. The van der Waals surface area contributed by atoms with Crippen molar-refractivity contribution in [3.8, 4) is 0 Å². The van der Waals surface area contributed by atoms with Crippen molar-refractivity contribution in [2.45, 2.75) is 32.9 Å². The zero-order chi connectivity index (χ0) is 15.4. The third-order valence-corrected chi connectivity index (χ3v) is 3.99. The summed E-state index contributed by atoms with van der Waals surface area (Å²) in [5, 5.41) is 12.5. The summed E-state index contributed by atoms with van der Waals surface area (Å²) in [7, 11) is 0. The first-order chi connectivity index (χ1) is 10.0. The van der Waals surface area contributed by atoms with E-state index in [2.05, 4.69) is 29.0 Å². The highest BCUT2D eigenvalue weighted by Crippen LogP contribution is 2.25. The monoisotopic (exact) mass is 292 g/mol. The number of hydrogen-bond donors (Lipinski definition) is 2. The molecule has 0 saturated carbocycles. The Kier molecular flexibility index (Phi) is 5.01. The lowest BCUT2D eigenvalue weighted by molar-refractivity contribution is -0.143. The molecule has 0 aromatic carbocycles. The van der Waals surface area contributed by atoms with Gasteiger partial charge in [-0.05, 0) is 32.9 Å². The molecule has 2 unspecified atom stereocenters. The van der Waals surface area contributed by atoms with Crippen LogP contribution in [0.25, 0.3) is 0 Å². The van der Waals surface area contributed by atoms with E-state index < -0.39 is 12.0 Å². The summed E-state index contributed by atoms with van der Waals surface area (Å²) in [6, 6.07) is 3.69. The number of nitrogens with one attached hydrogen (secondary N) is 1. The van der Waals surface area contributed by atoms with Gasteiger partial charge in [0.2, 0.25) is 0 Å². The normalized spacial score (nSPS) is 21.1. The molecule has 2 N–H and O–H groups in total. The van der Waals surface area contributed by atoms with Crippen molar-refractivity contribution < 1.29 is 9.90 Å². The molecule has 1 aromatic rings. The van der Waals surface area contributed by atoms with E-state index in [-0.39, 0.29) is 6.04 Å². The molecule has 6 nitrogen and oxygen atoms in total. The standard InChI is InChI=1S/C15H24N4O2/c1-4-16-13-6-5-7-17-14(13)18-8-9-19(11(2)10-18)12(3)15(20)21/h5-7,11-12,16H,4,8-10H2,1-3H3,(H,20,21). The topological polar surface area (TPSA) is 68.7 Å². The summed E-state index contributed by atoms with van der Waals surface area (Å²) in [4.78, 5) is 19.9. The summed E-state index contributed by atoms with van der Waals surface area (Å²) >= 11 is 0. The minimum atomic E-state index is -0.763. The predicted molar refractivity (Wildman–Crippen MR) is 83.9 cm³/mol. The van der Waals surface area contributed by atoms with Gasteiger partial charge in [0, 0.05) is 38.4 Å². The number of hydrogen-bond acceptors (Lipinski definition) is 5. The van der Waals surface area contributed by atoms with Crippen molar-refractivity contribution in [2.24, 2.45) is 0 Å². The van der Waals surface area contributed by atoms with Crippen molar-refractivity contribution in [2.75, 3.05) is 36.4 Å². The van der Waals surface area contributed by atoms with Crippen molar-refractivity contribution in [3.63, 3.8) is 0 Å². The Morgan fingerprint density at radius 2 is 2.33 bits per heavy atom. The number of anilines is 2. The first-order valence-corrected chi connectivity index (χ1v) is 7.47. The summed E-state index contributed by atoms with van der Waals surface area (Å²) in [5.74, 6) is 0.190. The van der Waals surface area contributed by atoms with Crippen molar-refractivity contribution in [1.29, 1.82) is 0 Å². The van der Waals surface area contributed by atoms with Gasteiger partial charge in [0.05, 0.1) is 5.69 Å². The number of nitrogens with zero attached hydrogens (tertiary/aromatic N) is 3. The second kappa shape index (κ2) is 6.76. The maximum atomic E-state index is 11.2. The molecule has 0 aliphatic carbocycles. The average molecular weight is 292 g/mol. The van der Waals surface area contributed by atoms with Crippen LogP contribution in [0.3, 0.4) is 0 Å². The van der Waals surface area contributed by atoms with E-state index in [1.807, 2.05) is 17.0 Å². The highest BCUT2D eigenvalue weighted by Gasteiger charge is 2.31. The number of aliphatic carboxylic acids is 1. The third-order valence-electron chi connectivity index (χ3n) is 3.99. The molecular weight excluding hydrogens is 268 g/mol. The zero-order valence-corrected chi connectivity index (χ0v) is 12.9. The Labute approximate surface area is 125 Å². The Balaban J connectivity index is 2.10. The van der Waals surface area contributed by atoms with Gasteiger partial charge in [-0.3, -0.25) is 9.69 Å². The molecule has 0 radical (unpaired) electrons. The van der Waals surface area contributed by atoms with Gasteiger partial charge in [0.1, 0.15) is 6.04 Å². The van der Waals surface area contributed by atoms with Gasteiger partial charge in [0.15, 0.2) is 5.82 Å². The van der Waals surface area contributed by atoms with Gasteiger partial charge in [-0.1, -0.05) is 0 Å². The number of carbonyl (C=O) groups is 1. The van der Waals surface area contributed by atoms with Crippen molar-refractivity contribution in [1.82, 2.24) is 9.88 Å². The van der Waals surface area contributed by atoms with Crippen LogP contribution in [0, 0.1) is 0 Å². The number of rotatable bonds is 5. The van der Waals surface area contributed by atoms with Crippen LogP contribution in [-0.4, -0.2) is 59.2 Å². The van der Waals surface area contributed by atoms with Crippen molar-refractivity contribution in [3.05, 3.63) is 18.3 Å². The molecule has 2 heterocycles. The minimum absolute atomic E-state index is 0.182. The van der Waals surface area contributed by atoms with E-state index in [9.17, 15) is 9.90 Å². The second-order valence-corrected chi connectivity index (χ2v) is 5.45. The minimum Gasteiger partial charge on any atom is -0.480 e. The van der Waals surface area contributed by atoms with Gasteiger partial charge in [0.25, 0.3) is 0 Å². The molecular formula is C15H24N4O2. The molecule has 2 rings (SSSR count). The molecule has 0 amide bonds. The largest absolute Gasteiger partial charge is 0.480 e. The highest BCUT2D eigenvalue weighted by molar-refractivity contribution is 5.73. The van der Waals surface area contributed by atoms with Crippen LogP contribution in [0.2, 0.25) is 0 Å². The Bertz CT molecular complexity index is 494. The molecule has 1 aliphatic heterocycles. The Hall–Kier alpha value is -1.82. The van der Waals surface area contributed by atoms with E-state index in [0.29, 0.717) is 0 Å². The van der Waals surface area contributed by atoms with Crippen LogP contribution in [-0.2, 0) is 4.79 Å². The first-order valence-electron chi connectivity index (χ1n) is 7.47. The van der Waals surface area contributed by atoms with E-state index in [0.717, 1.165) is 37.7 Å². The molecule has 1 saturated heterocycles. The quantitative estimate of drug-likeness (QED) is 0.857. The SMILES string of the molecule is CCNc1cccnc1N1CCN(C(C)C(=O)O)C(C)C1. The van der Waals surface area contributed by atoms with Crippen molar-refractivity contribution >= 4 is 17.5 Å².